The second kappa shape index (κ2) is 5.95. The Bertz CT molecular complexity index is 673. The molecular weight excluding hydrogens is 372 g/mol. The highest BCUT2D eigenvalue weighted by atomic mass is 79.9. The largest absolute Gasteiger partial charge is 0.397 e. The van der Waals surface area contributed by atoms with Gasteiger partial charge in [0.25, 0.3) is 5.91 Å². The molecule has 3 N–H and O–H groups in total. The molecule has 0 aliphatic heterocycles. The molecule has 2 aromatic rings. The first-order valence-corrected chi connectivity index (χ1v) is 6.80. The van der Waals surface area contributed by atoms with Crippen molar-refractivity contribution in [1.82, 2.24) is 4.98 Å². The molecule has 0 radical (unpaired) electrons. The van der Waals surface area contributed by atoms with Crippen molar-refractivity contribution in [2.45, 2.75) is 0 Å². The van der Waals surface area contributed by atoms with Gasteiger partial charge < -0.3 is 11.1 Å². The molecule has 1 heterocycles. The fourth-order valence-electron chi connectivity index (χ4n) is 1.48. The zero-order valence-corrected chi connectivity index (χ0v) is 12.9. The van der Waals surface area contributed by atoms with Gasteiger partial charge in [0.2, 0.25) is 0 Å². The SMILES string of the molecule is Nc1cnc(Cl)cc1C(=O)Nc1c(Cl)cc(F)cc1Br. The highest BCUT2D eigenvalue weighted by Gasteiger charge is 2.15. The number of carbonyl (C=O) groups is 1. The lowest BCUT2D eigenvalue weighted by Crippen LogP contribution is -2.15. The van der Waals surface area contributed by atoms with Gasteiger partial charge in [-0.2, -0.15) is 0 Å². The third kappa shape index (κ3) is 3.20. The first-order valence-electron chi connectivity index (χ1n) is 5.25. The standard InChI is InChI=1S/C12H7BrCl2FN3O/c13-7-1-5(16)2-8(14)11(7)19-12(20)6-3-10(15)18-4-9(6)17/h1-4H,17H2,(H,19,20). The van der Waals surface area contributed by atoms with Crippen LogP contribution in [-0.2, 0) is 0 Å². The number of anilines is 2. The zero-order valence-electron chi connectivity index (χ0n) is 9.75. The summed E-state index contributed by atoms with van der Waals surface area (Å²) >= 11 is 14.7. The van der Waals surface area contributed by atoms with Crippen LogP contribution in [-0.4, -0.2) is 10.9 Å². The maximum atomic E-state index is 13.1. The van der Waals surface area contributed by atoms with Crippen LogP contribution in [0.15, 0.2) is 28.9 Å². The Labute approximate surface area is 132 Å². The van der Waals surface area contributed by atoms with E-state index in [2.05, 4.69) is 26.2 Å². The normalized spacial score (nSPS) is 10.4. The van der Waals surface area contributed by atoms with E-state index in [1.54, 1.807) is 0 Å². The molecule has 8 heteroatoms. The third-order valence-corrected chi connectivity index (χ3v) is 3.52. The van der Waals surface area contributed by atoms with Crippen LogP contribution >= 0.6 is 39.1 Å². The van der Waals surface area contributed by atoms with E-state index in [1.165, 1.54) is 18.3 Å². The molecule has 0 aliphatic rings. The first-order chi connectivity index (χ1) is 9.38. The number of nitrogens with one attached hydrogen (secondary N) is 1. The van der Waals surface area contributed by atoms with Gasteiger partial charge in [-0.15, -0.1) is 0 Å². The lowest BCUT2D eigenvalue weighted by Gasteiger charge is -2.11. The number of nitrogen functional groups attached to an aromatic ring is 1. The number of hydrogen-bond acceptors (Lipinski definition) is 3. The molecule has 20 heavy (non-hydrogen) atoms. The Morgan fingerprint density at radius 2 is 2.05 bits per heavy atom. The molecule has 0 unspecified atom stereocenters. The number of nitrogens with zero attached hydrogens (tertiary/aromatic N) is 1. The summed E-state index contributed by atoms with van der Waals surface area (Å²) in [6.45, 7) is 0. The minimum atomic E-state index is -0.527. The number of aromatic nitrogens is 1. The summed E-state index contributed by atoms with van der Waals surface area (Å²) < 4.78 is 13.4. The Kier molecular flexibility index (Phi) is 4.47. The Balaban J connectivity index is 2.35. The van der Waals surface area contributed by atoms with E-state index in [0.29, 0.717) is 4.47 Å². The third-order valence-electron chi connectivity index (χ3n) is 2.39. The van der Waals surface area contributed by atoms with Crippen LogP contribution in [0.4, 0.5) is 15.8 Å². The van der Waals surface area contributed by atoms with E-state index in [0.717, 1.165) is 6.07 Å². The summed E-state index contributed by atoms with van der Waals surface area (Å²) in [4.78, 5) is 15.9. The van der Waals surface area contributed by atoms with E-state index in [-0.39, 0.29) is 27.1 Å². The summed E-state index contributed by atoms with van der Waals surface area (Å²) in [5.74, 6) is -1.05. The van der Waals surface area contributed by atoms with E-state index >= 15 is 0 Å². The second-order valence-electron chi connectivity index (χ2n) is 3.79. The van der Waals surface area contributed by atoms with Gasteiger partial charge in [0.05, 0.1) is 28.2 Å². The predicted octanol–water partition coefficient (Wildman–Crippen LogP) is 4.12. The van der Waals surface area contributed by atoms with Crippen molar-refractivity contribution in [3.05, 3.63) is 50.4 Å². The summed E-state index contributed by atoms with van der Waals surface area (Å²) in [7, 11) is 0. The molecular formula is C12H7BrCl2FN3O. The van der Waals surface area contributed by atoms with Crippen LogP contribution in [0, 0.1) is 5.82 Å². The van der Waals surface area contributed by atoms with Crippen LogP contribution in [0.25, 0.3) is 0 Å². The predicted molar refractivity (Wildman–Crippen MR) is 80.7 cm³/mol. The van der Waals surface area contributed by atoms with Gasteiger partial charge in [0, 0.05) is 4.47 Å². The number of hydrogen-bond donors (Lipinski definition) is 2. The molecule has 1 aromatic carbocycles. The number of halogens is 4. The maximum absolute atomic E-state index is 13.1. The summed E-state index contributed by atoms with van der Waals surface area (Å²) in [5, 5.41) is 2.73. The zero-order chi connectivity index (χ0) is 14.9. The molecule has 0 saturated heterocycles. The number of pyridine rings is 1. The quantitative estimate of drug-likeness (QED) is 0.772. The van der Waals surface area contributed by atoms with Crippen LogP contribution in [0.3, 0.4) is 0 Å². The number of nitrogens with two attached hydrogens (primary N) is 1. The fraction of sp³-hybridized carbons (Fsp3) is 0. The molecule has 1 amide bonds. The number of rotatable bonds is 2. The van der Waals surface area contributed by atoms with Gasteiger partial charge in [-0.3, -0.25) is 4.79 Å². The topological polar surface area (TPSA) is 68.0 Å². The van der Waals surface area contributed by atoms with Gasteiger partial charge in [-0.25, -0.2) is 9.37 Å². The molecule has 1 aromatic heterocycles. The maximum Gasteiger partial charge on any atom is 0.257 e. The first kappa shape index (κ1) is 15.0. The van der Waals surface area contributed by atoms with Crippen molar-refractivity contribution < 1.29 is 9.18 Å². The molecule has 0 spiro atoms. The lowest BCUT2D eigenvalue weighted by molar-refractivity contribution is 0.102. The van der Waals surface area contributed by atoms with Crippen LogP contribution in [0.1, 0.15) is 10.4 Å². The van der Waals surface area contributed by atoms with Crippen molar-refractivity contribution in [3.8, 4) is 0 Å². The minimum absolute atomic E-state index is 0.0592. The molecule has 0 bridgehead atoms. The minimum Gasteiger partial charge on any atom is -0.397 e. The van der Waals surface area contributed by atoms with Crippen molar-refractivity contribution in [2.24, 2.45) is 0 Å². The number of benzene rings is 1. The molecule has 104 valence electrons. The van der Waals surface area contributed by atoms with Gasteiger partial charge in [-0.1, -0.05) is 23.2 Å². The highest BCUT2D eigenvalue weighted by Crippen LogP contribution is 2.32. The van der Waals surface area contributed by atoms with Crippen molar-refractivity contribution >= 4 is 56.4 Å². The molecule has 0 fully saturated rings. The lowest BCUT2D eigenvalue weighted by atomic mass is 10.2. The van der Waals surface area contributed by atoms with Gasteiger partial charge >= 0.3 is 0 Å². The fourth-order valence-corrected chi connectivity index (χ4v) is 2.54. The molecule has 2 rings (SSSR count). The number of amides is 1. The van der Waals surface area contributed by atoms with Crippen molar-refractivity contribution in [3.63, 3.8) is 0 Å². The molecule has 0 saturated carbocycles. The average Bonchev–Trinajstić information content (AvgIpc) is 2.36. The van der Waals surface area contributed by atoms with Gasteiger partial charge in [-0.05, 0) is 34.1 Å². The summed E-state index contributed by atoms with van der Waals surface area (Å²) in [5.41, 5.74) is 6.22. The van der Waals surface area contributed by atoms with Crippen LogP contribution < -0.4 is 11.1 Å². The highest BCUT2D eigenvalue weighted by molar-refractivity contribution is 9.10. The average molecular weight is 379 g/mol. The Hall–Kier alpha value is -1.37. The van der Waals surface area contributed by atoms with Crippen molar-refractivity contribution in [2.75, 3.05) is 11.1 Å². The number of carbonyl (C=O) groups excluding carboxylic acids is 1. The Morgan fingerprint density at radius 3 is 2.70 bits per heavy atom. The Morgan fingerprint density at radius 1 is 1.35 bits per heavy atom. The van der Waals surface area contributed by atoms with Gasteiger partial charge in [0.1, 0.15) is 11.0 Å². The summed E-state index contributed by atoms with van der Waals surface area (Å²) in [6, 6.07) is 3.60. The smallest absolute Gasteiger partial charge is 0.257 e. The monoisotopic (exact) mass is 377 g/mol. The van der Waals surface area contributed by atoms with Crippen LogP contribution in [0.2, 0.25) is 10.2 Å². The van der Waals surface area contributed by atoms with E-state index in [1.807, 2.05) is 0 Å². The molecule has 4 nitrogen and oxygen atoms in total. The van der Waals surface area contributed by atoms with Crippen molar-refractivity contribution in [1.29, 1.82) is 0 Å². The van der Waals surface area contributed by atoms with E-state index in [9.17, 15) is 9.18 Å². The van der Waals surface area contributed by atoms with E-state index < -0.39 is 11.7 Å². The molecule has 0 atom stereocenters. The molecule has 0 aliphatic carbocycles. The second-order valence-corrected chi connectivity index (χ2v) is 5.44. The summed E-state index contributed by atoms with van der Waals surface area (Å²) in [6.07, 6.45) is 1.28. The van der Waals surface area contributed by atoms with Crippen LogP contribution in [0.5, 0.6) is 0 Å². The van der Waals surface area contributed by atoms with E-state index in [4.69, 9.17) is 28.9 Å². The van der Waals surface area contributed by atoms with Gasteiger partial charge in [0.15, 0.2) is 0 Å².